The highest BCUT2D eigenvalue weighted by Gasteiger charge is 2.12. The van der Waals surface area contributed by atoms with Gasteiger partial charge in [-0.3, -0.25) is 0 Å². The second-order valence-corrected chi connectivity index (χ2v) is 5.67. The second kappa shape index (κ2) is 8.77. The lowest BCUT2D eigenvalue weighted by atomic mass is 10.0. The van der Waals surface area contributed by atoms with Gasteiger partial charge in [-0.25, -0.2) is 8.78 Å². The minimum Gasteiger partial charge on any atom is -0.399 e. The zero-order valence-electron chi connectivity index (χ0n) is 12.5. The topological polar surface area (TPSA) is 38.0 Å². The maximum absolute atomic E-state index is 12.9. The first-order chi connectivity index (χ1) is 9.50. The third kappa shape index (κ3) is 6.22. The third-order valence-corrected chi connectivity index (χ3v) is 3.33. The van der Waals surface area contributed by atoms with Crippen molar-refractivity contribution in [3.8, 4) is 0 Å². The number of nitrogens with one attached hydrogen (secondary N) is 1. The van der Waals surface area contributed by atoms with Gasteiger partial charge in [0, 0.05) is 23.5 Å². The molecule has 0 spiro atoms. The zero-order chi connectivity index (χ0) is 15.0. The SMILES string of the molecule is CC(C)CCCCCCNc1ccc(N)cc1C(F)F. The highest BCUT2D eigenvalue weighted by Crippen LogP contribution is 2.28. The number of unbranched alkanes of at least 4 members (excludes halogenated alkanes) is 3. The summed E-state index contributed by atoms with van der Waals surface area (Å²) < 4.78 is 25.7. The molecular weight excluding hydrogens is 258 g/mol. The van der Waals surface area contributed by atoms with Crippen molar-refractivity contribution in [3.63, 3.8) is 0 Å². The molecule has 114 valence electrons. The van der Waals surface area contributed by atoms with Crippen LogP contribution in [-0.4, -0.2) is 6.54 Å². The molecule has 20 heavy (non-hydrogen) atoms. The van der Waals surface area contributed by atoms with Crippen LogP contribution < -0.4 is 11.1 Å². The molecule has 0 unspecified atom stereocenters. The van der Waals surface area contributed by atoms with E-state index in [1.54, 1.807) is 12.1 Å². The highest BCUT2D eigenvalue weighted by molar-refractivity contribution is 5.58. The van der Waals surface area contributed by atoms with Crippen LogP contribution in [0.4, 0.5) is 20.2 Å². The van der Waals surface area contributed by atoms with E-state index < -0.39 is 6.43 Å². The lowest BCUT2D eigenvalue weighted by Crippen LogP contribution is -2.05. The minimum atomic E-state index is -2.49. The van der Waals surface area contributed by atoms with Gasteiger partial charge < -0.3 is 11.1 Å². The van der Waals surface area contributed by atoms with E-state index in [1.807, 2.05) is 0 Å². The van der Waals surface area contributed by atoms with Crippen molar-refractivity contribution < 1.29 is 8.78 Å². The average molecular weight is 284 g/mol. The van der Waals surface area contributed by atoms with Crippen LogP contribution in [0, 0.1) is 5.92 Å². The van der Waals surface area contributed by atoms with E-state index in [0.29, 0.717) is 11.4 Å². The van der Waals surface area contributed by atoms with Crippen LogP contribution in [0.3, 0.4) is 0 Å². The molecule has 3 N–H and O–H groups in total. The smallest absolute Gasteiger partial charge is 0.265 e. The van der Waals surface area contributed by atoms with Gasteiger partial charge in [0.1, 0.15) is 0 Å². The van der Waals surface area contributed by atoms with E-state index in [2.05, 4.69) is 19.2 Å². The lowest BCUT2D eigenvalue weighted by molar-refractivity contribution is 0.152. The molecule has 1 aromatic rings. The molecule has 0 aliphatic heterocycles. The minimum absolute atomic E-state index is 0.00944. The monoisotopic (exact) mass is 284 g/mol. The molecular formula is C16H26F2N2. The summed E-state index contributed by atoms with van der Waals surface area (Å²) in [5, 5.41) is 3.09. The third-order valence-electron chi connectivity index (χ3n) is 3.33. The summed E-state index contributed by atoms with van der Waals surface area (Å²) in [7, 11) is 0. The predicted octanol–water partition coefficient (Wildman–Crippen LogP) is 5.22. The molecule has 0 fully saturated rings. The van der Waals surface area contributed by atoms with E-state index in [9.17, 15) is 8.78 Å². The van der Waals surface area contributed by atoms with Gasteiger partial charge in [0.15, 0.2) is 0 Å². The molecule has 2 nitrogen and oxygen atoms in total. The van der Waals surface area contributed by atoms with Crippen LogP contribution >= 0.6 is 0 Å². The van der Waals surface area contributed by atoms with Gasteiger partial charge in [0.05, 0.1) is 0 Å². The number of rotatable bonds is 9. The molecule has 0 bridgehead atoms. The Morgan fingerprint density at radius 3 is 2.45 bits per heavy atom. The predicted molar refractivity (Wildman–Crippen MR) is 82.2 cm³/mol. The second-order valence-electron chi connectivity index (χ2n) is 5.67. The van der Waals surface area contributed by atoms with Crippen molar-refractivity contribution in [2.75, 3.05) is 17.6 Å². The summed E-state index contributed by atoms with van der Waals surface area (Å²) in [5.74, 6) is 0.761. The molecule has 0 aromatic heterocycles. The molecule has 0 radical (unpaired) electrons. The molecule has 1 aromatic carbocycles. The highest BCUT2D eigenvalue weighted by atomic mass is 19.3. The number of hydrogen-bond acceptors (Lipinski definition) is 2. The quantitative estimate of drug-likeness (QED) is 0.481. The van der Waals surface area contributed by atoms with Crippen LogP contribution in [-0.2, 0) is 0 Å². The lowest BCUT2D eigenvalue weighted by Gasteiger charge is -2.12. The molecule has 0 aliphatic carbocycles. The summed E-state index contributed by atoms with van der Waals surface area (Å²) in [6.45, 7) is 5.19. The normalized spacial score (nSPS) is 11.3. The zero-order valence-corrected chi connectivity index (χ0v) is 12.5. The summed E-state index contributed by atoms with van der Waals surface area (Å²) in [6, 6.07) is 4.63. The van der Waals surface area contributed by atoms with Crippen LogP contribution in [0.25, 0.3) is 0 Å². The van der Waals surface area contributed by atoms with E-state index in [-0.39, 0.29) is 5.56 Å². The first-order valence-corrected chi connectivity index (χ1v) is 7.42. The fourth-order valence-corrected chi connectivity index (χ4v) is 2.18. The van der Waals surface area contributed by atoms with Crippen molar-refractivity contribution in [1.82, 2.24) is 0 Å². The van der Waals surface area contributed by atoms with Crippen molar-refractivity contribution in [3.05, 3.63) is 23.8 Å². The number of alkyl halides is 2. The van der Waals surface area contributed by atoms with E-state index in [1.165, 1.54) is 25.3 Å². The van der Waals surface area contributed by atoms with E-state index >= 15 is 0 Å². The Morgan fingerprint density at radius 1 is 1.10 bits per heavy atom. The molecule has 4 heteroatoms. The van der Waals surface area contributed by atoms with E-state index in [4.69, 9.17) is 5.73 Å². The molecule has 1 rings (SSSR count). The maximum Gasteiger partial charge on any atom is 0.265 e. The standard InChI is InChI=1S/C16H26F2N2/c1-12(2)7-5-3-4-6-10-20-15-9-8-13(19)11-14(15)16(17)18/h8-9,11-12,16,20H,3-7,10,19H2,1-2H3. The molecule has 0 saturated carbocycles. The van der Waals surface area contributed by atoms with Crippen LogP contribution in [0.1, 0.15) is 57.9 Å². The fourth-order valence-electron chi connectivity index (χ4n) is 2.18. The van der Waals surface area contributed by atoms with Gasteiger partial charge in [-0.15, -0.1) is 0 Å². The summed E-state index contributed by atoms with van der Waals surface area (Å²) in [6.07, 6.45) is 3.38. The van der Waals surface area contributed by atoms with Crippen LogP contribution in [0.15, 0.2) is 18.2 Å². The number of hydrogen-bond donors (Lipinski definition) is 2. The Bertz CT molecular complexity index is 392. The number of anilines is 2. The van der Waals surface area contributed by atoms with Crippen molar-refractivity contribution in [2.45, 2.75) is 52.4 Å². The van der Waals surface area contributed by atoms with Gasteiger partial charge in [0.25, 0.3) is 6.43 Å². The van der Waals surface area contributed by atoms with Gasteiger partial charge in [-0.1, -0.05) is 39.5 Å². The molecule has 0 atom stereocenters. The first-order valence-electron chi connectivity index (χ1n) is 7.42. The molecule has 0 amide bonds. The number of nitrogens with two attached hydrogens (primary N) is 1. The molecule has 0 aliphatic rings. The molecule has 0 saturated heterocycles. The maximum atomic E-state index is 12.9. The van der Waals surface area contributed by atoms with Gasteiger partial charge in [-0.05, 0) is 30.5 Å². The van der Waals surface area contributed by atoms with E-state index in [0.717, 1.165) is 25.3 Å². The summed E-state index contributed by atoms with van der Waals surface area (Å²) >= 11 is 0. The van der Waals surface area contributed by atoms with Crippen molar-refractivity contribution in [2.24, 2.45) is 5.92 Å². The average Bonchev–Trinajstić information content (AvgIpc) is 2.38. The fraction of sp³-hybridized carbons (Fsp3) is 0.625. The molecule has 0 heterocycles. The Hall–Kier alpha value is -1.32. The van der Waals surface area contributed by atoms with Crippen LogP contribution in [0.2, 0.25) is 0 Å². The largest absolute Gasteiger partial charge is 0.399 e. The van der Waals surface area contributed by atoms with Crippen molar-refractivity contribution >= 4 is 11.4 Å². The Balaban J connectivity index is 2.28. The Kier molecular flexibility index (Phi) is 7.34. The van der Waals surface area contributed by atoms with Crippen molar-refractivity contribution in [1.29, 1.82) is 0 Å². The van der Waals surface area contributed by atoms with Gasteiger partial charge >= 0.3 is 0 Å². The Labute approximate surface area is 120 Å². The number of benzene rings is 1. The van der Waals surface area contributed by atoms with Gasteiger partial charge in [-0.2, -0.15) is 0 Å². The Morgan fingerprint density at radius 2 is 1.80 bits per heavy atom. The number of nitrogen functional groups attached to an aromatic ring is 1. The van der Waals surface area contributed by atoms with Gasteiger partial charge in [0.2, 0.25) is 0 Å². The summed E-state index contributed by atoms with van der Waals surface area (Å²) in [5.41, 5.74) is 6.40. The van der Waals surface area contributed by atoms with Crippen LogP contribution in [0.5, 0.6) is 0 Å². The summed E-state index contributed by atoms with van der Waals surface area (Å²) in [4.78, 5) is 0. The number of halogens is 2. The first kappa shape index (κ1) is 16.7.